The molecule has 4 aromatic carbocycles. The van der Waals surface area contributed by atoms with Gasteiger partial charge >= 0.3 is 0 Å². The maximum atomic E-state index is 2.61. The number of hydrogen-bond acceptors (Lipinski definition) is 0. The molecule has 1 heteroatoms. The second-order valence-electron chi connectivity index (χ2n) is 9.54. The minimum atomic E-state index is -0.0237. The molecule has 5 aromatic rings. The summed E-state index contributed by atoms with van der Waals surface area (Å²) in [5.41, 5.74) is 8.33. The average molecular weight is 380 g/mol. The summed E-state index contributed by atoms with van der Waals surface area (Å²) in [4.78, 5) is 0. The molecule has 0 aliphatic carbocycles. The number of rotatable bonds is 0. The number of aryl methyl sites for hydroxylation is 4. The van der Waals surface area contributed by atoms with E-state index in [0.29, 0.717) is 0 Å². The Balaban J connectivity index is 2.29. The van der Waals surface area contributed by atoms with Gasteiger partial charge in [0.05, 0.1) is 11.0 Å². The highest BCUT2D eigenvalue weighted by atomic mass is 15.1. The fourth-order valence-corrected chi connectivity index (χ4v) is 5.29. The number of aromatic nitrogens is 1. The molecule has 0 aliphatic heterocycles. The van der Waals surface area contributed by atoms with Crippen molar-refractivity contribution in [3.05, 3.63) is 70.8 Å². The third kappa shape index (κ3) is 2.28. The first-order valence-electron chi connectivity index (χ1n) is 10.6. The lowest BCUT2D eigenvalue weighted by molar-refractivity contribution is 0.423. The fraction of sp³-hybridized carbons (Fsp3) is 0.286. The van der Waals surface area contributed by atoms with Gasteiger partial charge in [-0.1, -0.05) is 48.5 Å². The minimum Gasteiger partial charge on any atom is -0.334 e. The molecule has 1 heterocycles. The van der Waals surface area contributed by atoms with E-state index in [9.17, 15) is 0 Å². The van der Waals surface area contributed by atoms with Crippen molar-refractivity contribution in [3.8, 4) is 0 Å². The van der Waals surface area contributed by atoms with Crippen LogP contribution in [0.5, 0.6) is 0 Å². The summed E-state index contributed by atoms with van der Waals surface area (Å²) >= 11 is 0. The Morgan fingerprint density at radius 3 is 1.59 bits per heavy atom. The quantitative estimate of drug-likeness (QED) is 0.256. The zero-order chi connectivity index (χ0) is 20.7. The second kappa shape index (κ2) is 5.86. The molecule has 0 atom stereocenters. The highest BCUT2D eigenvalue weighted by Gasteiger charge is 2.27. The lowest BCUT2D eigenvalue weighted by Gasteiger charge is -2.26. The predicted octanol–water partition coefficient (Wildman–Crippen LogP) is 8.09. The lowest BCUT2D eigenvalue weighted by atomic mass is 9.92. The first-order chi connectivity index (χ1) is 13.7. The summed E-state index contributed by atoms with van der Waals surface area (Å²) in [6, 6.07) is 17.8. The van der Waals surface area contributed by atoms with E-state index in [2.05, 4.69) is 102 Å². The molecule has 29 heavy (non-hydrogen) atoms. The molecule has 146 valence electrons. The van der Waals surface area contributed by atoms with Crippen LogP contribution < -0.4 is 0 Å². The molecule has 0 saturated heterocycles. The summed E-state index contributed by atoms with van der Waals surface area (Å²) in [7, 11) is 0. The topological polar surface area (TPSA) is 4.93 Å². The van der Waals surface area contributed by atoms with Gasteiger partial charge in [-0.15, -0.1) is 0 Å². The summed E-state index contributed by atoms with van der Waals surface area (Å²) in [5.74, 6) is 0. The second-order valence-corrected chi connectivity index (χ2v) is 9.54. The predicted molar refractivity (Wildman–Crippen MR) is 128 cm³/mol. The number of hydrogen-bond donors (Lipinski definition) is 0. The molecule has 0 saturated carbocycles. The lowest BCUT2D eigenvalue weighted by Crippen LogP contribution is -2.22. The molecule has 0 aliphatic rings. The van der Waals surface area contributed by atoms with E-state index in [1.165, 1.54) is 65.6 Å². The van der Waals surface area contributed by atoms with E-state index in [1.54, 1.807) is 0 Å². The van der Waals surface area contributed by atoms with Crippen LogP contribution in [0.3, 0.4) is 0 Å². The van der Waals surface area contributed by atoms with Gasteiger partial charge in [0, 0.05) is 21.7 Å². The molecule has 1 nitrogen and oxygen atoms in total. The van der Waals surface area contributed by atoms with E-state index in [1.807, 2.05) is 0 Å². The Morgan fingerprint density at radius 2 is 1.00 bits per heavy atom. The minimum absolute atomic E-state index is 0.0237. The molecule has 0 radical (unpaired) electrons. The van der Waals surface area contributed by atoms with Crippen LogP contribution >= 0.6 is 0 Å². The molecule has 0 fully saturated rings. The largest absolute Gasteiger partial charge is 0.334 e. The molecular weight excluding hydrogens is 350 g/mol. The van der Waals surface area contributed by atoms with Crippen LogP contribution in [0.1, 0.15) is 43.0 Å². The van der Waals surface area contributed by atoms with Gasteiger partial charge in [0.15, 0.2) is 0 Å². The van der Waals surface area contributed by atoms with Gasteiger partial charge in [0.2, 0.25) is 0 Å². The third-order valence-electron chi connectivity index (χ3n) is 6.88. The highest BCUT2D eigenvalue weighted by Crippen LogP contribution is 2.46. The Morgan fingerprint density at radius 1 is 0.517 bits per heavy atom. The average Bonchev–Trinajstić information content (AvgIpc) is 3.07. The van der Waals surface area contributed by atoms with Crippen LogP contribution in [0.15, 0.2) is 48.5 Å². The van der Waals surface area contributed by atoms with Gasteiger partial charge in [0.25, 0.3) is 0 Å². The van der Waals surface area contributed by atoms with E-state index in [-0.39, 0.29) is 5.54 Å². The van der Waals surface area contributed by atoms with Gasteiger partial charge in [-0.2, -0.15) is 0 Å². The SMILES string of the molecule is Cc1c(C)c2c(c3ccccc13)c1c(C)c(C)c3ccccc3c1n2C(C)(C)C. The zero-order valence-corrected chi connectivity index (χ0v) is 18.6. The van der Waals surface area contributed by atoms with Crippen molar-refractivity contribution < 1.29 is 0 Å². The van der Waals surface area contributed by atoms with Crippen molar-refractivity contribution in [2.75, 3.05) is 0 Å². The first kappa shape index (κ1) is 18.2. The van der Waals surface area contributed by atoms with Gasteiger partial charge in [-0.05, 0) is 86.9 Å². The molecule has 0 unspecified atom stereocenters. The van der Waals surface area contributed by atoms with E-state index >= 15 is 0 Å². The number of benzene rings is 4. The van der Waals surface area contributed by atoms with Crippen molar-refractivity contribution in [2.45, 2.75) is 54.0 Å². The molecule has 0 bridgehead atoms. The summed E-state index contributed by atoms with van der Waals surface area (Å²) < 4.78 is 2.61. The maximum Gasteiger partial charge on any atom is 0.0579 e. The van der Waals surface area contributed by atoms with Gasteiger partial charge in [0.1, 0.15) is 0 Å². The fourth-order valence-electron chi connectivity index (χ4n) is 5.29. The smallest absolute Gasteiger partial charge is 0.0579 e. The molecule has 0 amide bonds. The van der Waals surface area contributed by atoms with Gasteiger partial charge < -0.3 is 4.57 Å². The van der Waals surface area contributed by atoms with Crippen LogP contribution in [0.2, 0.25) is 0 Å². The monoisotopic (exact) mass is 379 g/mol. The Kier molecular flexibility index (Phi) is 3.68. The summed E-state index contributed by atoms with van der Waals surface area (Å²) in [6.07, 6.45) is 0. The van der Waals surface area contributed by atoms with Crippen molar-refractivity contribution in [3.63, 3.8) is 0 Å². The van der Waals surface area contributed by atoms with Crippen LogP contribution in [0, 0.1) is 27.7 Å². The number of nitrogens with zero attached hydrogens (tertiary/aromatic N) is 1. The Hall–Kier alpha value is -2.80. The molecule has 0 N–H and O–H groups in total. The summed E-state index contributed by atoms with van der Waals surface area (Å²) in [5, 5.41) is 8.31. The molecule has 1 aromatic heterocycles. The van der Waals surface area contributed by atoms with Crippen molar-refractivity contribution in [1.29, 1.82) is 0 Å². The third-order valence-corrected chi connectivity index (χ3v) is 6.88. The standard InChI is InChI=1S/C28H29N/c1-16-18(3)24-25-22-14-10-8-12-20(22)17(2)19(4)26(25)29(28(5,6)7)27(24)23-15-11-9-13-21(16)23/h8-15H,1-7H3. The Bertz CT molecular complexity index is 1460. The van der Waals surface area contributed by atoms with Crippen LogP contribution in [0.25, 0.3) is 43.4 Å². The first-order valence-corrected chi connectivity index (χ1v) is 10.6. The van der Waals surface area contributed by atoms with Gasteiger partial charge in [-0.3, -0.25) is 0 Å². The van der Waals surface area contributed by atoms with Crippen molar-refractivity contribution >= 4 is 43.4 Å². The Labute approximate surface area is 172 Å². The molecule has 5 rings (SSSR count). The van der Waals surface area contributed by atoms with Crippen molar-refractivity contribution in [2.24, 2.45) is 0 Å². The number of fused-ring (bicyclic) bond motifs is 7. The summed E-state index contributed by atoms with van der Waals surface area (Å²) in [6.45, 7) is 16.2. The van der Waals surface area contributed by atoms with E-state index < -0.39 is 0 Å². The van der Waals surface area contributed by atoms with E-state index in [0.717, 1.165) is 0 Å². The maximum absolute atomic E-state index is 2.61. The molecule has 0 spiro atoms. The van der Waals surface area contributed by atoms with Crippen LogP contribution in [-0.4, -0.2) is 4.57 Å². The van der Waals surface area contributed by atoms with E-state index in [4.69, 9.17) is 0 Å². The van der Waals surface area contributed by atoms with Gasteiger partial charge in [-0.25, -0.2) is 0 Å². The van der Waals surface area contributed by atoms with Crippen LogP contribution in [-0.2, 0) is 5.54 Å². The zero-order valence-electron chi connectivity index (χ0n) is 18.6. The highest BCUT2D eigenvalue weighted by molar-refractivity contribution is 6.28. The normalized spacial score (nSPS) is 12.7. The van der Waals surface area contributed by atoms with Crippen LogP contribution in [0.4, 0.5) is 0 Å². The molecular formula is C28H29N. The van der Waals surface area contributed by atoms with Crippen molar-refractivity contribution in [1.82, 2.24) is 4.57 Å².